The minimum atomic E-state index is 0.403. The van der Waals surface area contributed by atoms with Gasteiger partial charge in [0.05, 0.1) is 6.20 Å². The van der Waals surface area contributed by atoms with E-state index in [0.29, 0.717) is 12.2 Å². The van der Waals surface area contributed by atoms with Crippen molar-refractivity contribution in [3.05, 3.63) is 12.3 Å². The molecule has 0 aromatic carbocycles. The molecule has 0 radical (unpaired) electrons. The minimum Gasteiger partial charge on any atom is -0.312 e. The first-order chi connectivity index (χ1) is 4.43. The lowest BCUT2D eigenvalue weighted by Crippen LogP contribution is -1.98. The van der Waals surface area contributed by atoms with Crippen LogP contribution < -0.4 is 5.32 Å². The van der Waals surface area contributed by atoms with Crippen LogP contribution in [0.3, 0.4) is 0 Å². The molecule has 1 aromatic heterocycles. The van der Waals surface area contributed by atoms with Crippen molar-refractivity contribution in [3.63, 3.8) is 0 Å². The summed E-state index contributed by atoms with van der Waals surface area (Å²) in [6.45, 7) is 0. The van der Waals surface area contributed by atoms with Crippen LogP contribution in [0.25, 0.3) is 0 Å². The monoisotopic (exact) mass is 124 g/mol. The first kappa shape index (κ1) is 5.61. The summed E-state index contributed by atoms with van der Waals surface area (Å²) in [4.78, 5) is 9.77. The molecule has 1 amide bonds. The number of nitrogens with zero attached hydrogens (tertiary/aromatic N) is 3. The second kappa shape index (κ2) is 2.71. The van der Waals surface area contributed by atoms with E-state index in [1.807, 2.05) is 0 Å². The number of rotatable bonds is 2. The van der Waals surface area contributed by atoms with Crippen LogP contribution in [0.5, 0.6) is 0 Å². The number of nitrogens with one attached hydrogen (secondary N) is 1. The van der Waals surface area contributed by atoms with E-state index in [9.17, 15) is 4.79 Å². The molecule has 0 fully saturated rings. The van der Waals surface area contributed by atoms with E-state index in [2.05, 4.69) is 20.7 Å². The molecule has 46 valence electrons. The van der Waals surface area contributed by atoms with Gasteiger partial charge in [-0.25, -0.2) is 0 Å². The fraction of sp³-hybridized carbons (Fsp3) is 0. The van der Waals surface area contributed by atoms with Crippen molar-refractivity contribution >= 4 is 12.2 Å². The van der Waals surface area contributed by atoms with Gasteiger partial charge in [-0.2, -0.15) is 0 Å². The Morgan fingerprint density at radius 2 is 2.56 bits per heavy atom. The topological polar surface area (TPSA) is 67.8 Å². The zero-order valence-corrected chi connectivity index (χ0v) is 4.48. The lowest BCUT2D eigenvalue weighted by Gasteiger charge is -1.89. The molecular formula is C4H4N4O. The van der Waals surface area contributed by atoms with Crippen molar-refractivity contribution < 1.29 is 4.79 Å². The van der Waals surface area contributed by atoms with Gasteiger partial charge in [-0.3, -0.25) is 4.79 Å². The maximum atomic E-state index is 9.77. The van der Waals surface area contributed by atoms with E-state index in [1.54, 1.807) is 6.07 Å². The number of anilines is 1. The second-order valence-electron chi connectivity index (χ2n) is 1.27. The molecule has 1 rings (SSSR count). The smallest absolute Gasteiger partial charge is 0.212 e. The molecule has 1 heterocycles. The number of aromatic nitrogens is 3. The van der Waals surface area contributed by atoms with E-state index in [1.165, 1.54) is 6.20 Å². The van der Waals surface area contributed by atoms with Crippen molar-refractivity contribution in [2.75, 3.05) is 5.32 Å². The molecule has 5 heteroatoms. The van der Waals surface area contributed by atoms with Crippen LogP contribution in [0.4, 0.5) is 5.82 Å². The Balaban J connectivity index is 2.72. The maximum Gasteiger partial charge on any atom is 0.212 e. The maximum absolute atomic E-state index is 9.77. The van der Waals surface area contributed by atoms with E-state index in [0.717, 1.165) is 0 Å². The molecule has 0 saturated carbocycles. The van der Waals surface area contributed by atoms with E-state index in [4.69, 9.17) is 0 Å². The van der Waals surface area contributed by atoms with Crippen molar-refractivity contribution in [1.82, 2.24) is 15.4 Å². The van der Waals surface area contributed by atoms with Gasteiger partial charge in [0.25, 0.3) is 0 Å². The highest BCUT2D eigenvalue weighted by molar-refractivity contribution is 5.67. The van der Waals surface area contributed by atoms with Crippen LogP contribution in [0.1, 0.15) is 0 Å². The average Bonchev–Trinajstić information content (AvgIpc) is 1.91. The molecule has 9 heavy (non-hydrogen) atoms. The van der Waals surface area contributed by atoms with Crippen molar-refractivity contribution in [1.29, 1.82) is 0 Å². The molecular weight excluding hydrogens is 120 g/mol. The Morgan fingerprint density at radius 3 is 3.11 bits per heavy atom. The third-order valence-electron chi connectivity index (χ3n) is 0.710. The molecule has 0 spiro atoms. The normalized spacial score (nSPS) is 8.44. The van der Waals surface area contributed by atoms with Gasteiger partial charge in [-0.05, 0) is 5.21 Å². The fourth-order valence-corrected chi connectivity index (χ4v) is 0.378. The summed E-state index contributed by atoms with van der Waals surface area (Å²) in [6.07, 6.45) is 1.98. The van der Waals surface area contributed by atoms with Gasteiger partial charge < -0.3 is 5.32 Å². The van der Waals surface area contributed by atoms with E-state index in [-0.39, 0.29) is 0 Å². The highest BCUT2D eigenvalue weighted by Crippen LogP contribution is 1.91. The lowest BCUT2D eigenvalue weighted by molar-refractivity contribution is -0.105. The first-order valence-corrected chi connectivity index (χ1v) is 2.28. The van der Waals surface area contributed by atoms with Crippen molar-refractivity contribution in [2.45, 2.75) is 0 Å². The van der Waals surface area contributed by atoms with Gasteiger partial charge in [0.15, 0.2) is 5.82 Å². The Morgan fingerprint density at radius 1 is 1.67 bits per heavy atom. The summed E-state index contributed by atoms with van der Waals surface area (Å²) in [5, 5.41) is 12.5. The number of hydrogen-bond donors (Lipinski definition) is 1. The van der Waals surface area contributed by atoms with Gasteiger partial charge in [0.1, 0.15) is 0 Å². The predicted octanol–water partition coefficient (Wildman–Crippen LogP) is -0.560. The molecule has 5 nitrogen and oxygen atoms in total. The van der Waals surface area contributed by atoms with E-state index < -0.39 is 0 Å². The van der Waals surface area contributed by atoms with Gasteiger partial charge in [-0.15, -0.1) is 10.2 Å². The fourth-order valence-electron chi connectivity index (χ4n) is 0.378. The van der Waals surface area contributed by atoms with Crippen molar-refractivity contribution in [3.8, 4) is 0 Å². The summed E-state index contributed by atoms with van der Waals surface area (Å²) < 4.78 is 0. The second-order valence-corrected chi connectivity index (χ2v) is 1.27. The van der Waals surface area contributed by atoms with Crippen LogP contribution in [-0.4, -0.2) is 21.8 Å². The Kier molecular flexibility index (Phi) is 1.69. The lowest BCUT2D eigenvalue weighted by atomic mass is 10.6. The van der Waals surface area contributed by atoms with Crippen molar-refractivity contribution in [2.24, 2.45) is 0 Å². The molecule has 1 N–H and O–H groups in total. The molecule has 0 aliphatic carbocycles. The van der Waals surface area contributed by atoms with Crippen LogP contribution in [0.15, 0.2) is 12.3 Å². The van der Waals surface area contributed by atoms with Crippen LogP contribution in [0.2, 0.25) is 0 Å². The highest BCUT2D eigenvalue weighted by Gasteiger charge is 1.85. The number of carbonyl (C=O) groups excluding carboxylic acids is 1. The molecule has 0 aliphatic heterocycles. The zero-order chi connectivity index (χ0) is 6.53. The van der Waals surface area contributed by atoms with Crippen LogP contribution in [0, 0.1) is 0 Å². The average molecular weight is 124 g/mol. The largest absolute Gasteiger partial charge is 0.312 e. The predicted molar refractivity (Wildman–Crippen MR) is 29.5 cm³/mol. The van der Waals surface area contributed by atoms with Gasteiger partial charge in [0.2, 0.25) is 6.41 Å². The Labute approximate surface area is 51.1 Å². The minimum absolute atomic E-state index is 0.403. The number of amides is 1. The summed E-state index contributed by atoms with van der Waals surface area (Å²) in [6, 6.07) is 1.54. The molecule has 0 unspecified atom stereocenters. The highest BCUT2D eigenvalue weighted by atomic mass is 16.1. The third kappa shape index (κ3) is 1.45. The molecule has 1 aromatic rings. The summed E-state index contributed by atoms with van der Waals surface area (Å²) in [5.41, 5.74) is 0. The molecule has 0 aliphatic rings. The standard InChI is InChI=1S/C4H4N4O/c9-3-5-4-1-2-6-8-7-4/h1-3H,(H,5,6,7,9). The number of carbonyl (C=O) groups is 1. The SMILES string of the molecule is O=CNc1ccnnn1. The van der Waals surface area contributed by atoms with Crippen LogP contribution >= 0.6 is 0 Å². The summed E-state index contributed by atoms with van der Waals surface area (Å²) >= 11 is 0. The quantitative estimate of drug-likeness (QED) is 0.536. The first-order valence-electron chi connectivity index (χ1n) is 2.28. The Bertz CT molecular complexity index is 187. The van der Waals surface area contributed by atoms with Crippen LogP contribution in [-0.2, 0) is 4.79 Å². The molecule has 0 bridgehead atoms. The third-order valence-corrected chi connectivity index (χ3v) is 0.710. The summed E-state index contributed by atoms with van der Waals surface area (Å²) in [7, 11) is 0. The zero-order valence-electron chi connectivity index (χ0n) is 4.48. The molecule has 0 saturated heterocycles. The van der Waals surface area contributed by atoms with Gasteiger partial charge in [-0.1, -0.05) is 0 Å². The van der Waals surface area contributed by atoms with Gasteiger partial charge in [0, 0.05) is 6.07 Å². The number of hydrogen-bond acceptors (Lipinski definition) is 4. The Hall–Kier alpha value is -1.52. The summed E-state index contributed by atoms with van der Waals surface area (Å²) in [5.74, 6) is 0.403. The molecule has 0 atom stereocenters. The van der Waals surface area contributed by atoms with E-state index >= 15 is 0 Å². The van der Waals surface area contributed by atoms with Gasteiger partial charge >= 0.3 is 0 Å².